The zero-order valence-corrected chi connectivity index (χ0v) is 12.7. The first kappa shape index (κ1) is 18.2. The molecule has 0 atom stereocenters. The highest BCUT2D eigenvalue weighted by Crippen LogP contribution is 2.36. The third-order valence-electron chi connectivity index (χ3n) is 3.04. The molecule has 0 amide bonds. The molecule has 9 heteroatoms. The summed E-state index contributed by atoms with van der Waals surface area (Å²) in [4.78, 5) is 21.6. The maximum absolute atomic E-state index is 12.8. The molecule has 6 nitrogen and oxygen atoms in total. The van der Waals surface area contributed by atoms with Crippen LogP contribution in [0.25, 0.3) is 0 Å². The van der Waals surface area contributed by atoms with E-state index in [-0.39, 0.29) is 24.5 Å². The molecule has 25 heavy (non-hydrogen) atoms. The van der Waals surface area contributed by atoms with Crippen LogP contribution >= 0.6 is 0 Å². The fourth-order valence-corrected chi connectivity index (χ4v) is 1.88. The van der Waals surface area contributed by atoms with Crippen LogP contribution in [-0.2, 0) is 11.0 Å². The molecule has 132 valence electrons. The molecule has 0 radical (unpaired) electrons. The maximum Gasteiger partial charge on any atom is 0.419 e. The van der Waals surface area contributed by atoms with Crippen LogP contribution in [0.4, 0.5) is 18.9 Å². The average Bonchev–Trinajstić information content (AvgIpc) is 2.55. The Hall–Kier alpha value is -3.10. The molecule has 0 aliphatic rings. The molecule has 0 aromatic heterocycles. The summed E-state index contributed by atoms with van der Waals surface area (Å²) in [5.41, 5.74) is -1.16. The molecule has 2 rings (SSSR count). The van der Waals surface area contributed by atoms with Crippen LogP contribution in [0, 0.1) is 10.1 Å². The van der Waals surface area contributed by atoms with Gasteiger partial charge in [0.15, 0.2) is 0 Å². The molecule has 0 unspecified atom stereocenters. The number of nitro benzene ring substituents is 1. The Morgan fingerprint density at radius 2 is 1.72 bits per heavy atom. The van der Waals surface area contributed by atoms with Crippen molar-refractivity contribution in [3.8, 4) is 11.5 Å². The van der Waals surface area contributed by atoms with E-state index in [1.165, 1.54) is 36.4 Å². The second-order valence-corrected chi connectivity index (χ2v) is 4.82. The van der Waals surface area contributed by atoms with Crippen molar-refractivity contribution >= 4 is 11.7 Å². The van der Waals surface area contributed by atoms with Gasteiger partial charge in [-0.25, -0.2) is 0 Å². The first-order valence-corrected chi connectivity index (χ1v) is 7.01. The van der Waals surface area contributed by atoms with Gasteiger partial charge in [0.1, 0.15) is 11.5 Å². The van der Waals surface area contributed by atoms with Crippen LogP contribution in [0.3, 0.4) is 0 Å². The van der Waals surface area contributed by atoms with Crippen molar-refractivity contribution < 1.29 is 32.4 Å². The van der Waals surface area contributed by atoms with Crippen molar-refractivity contribution in [1.29, 1.82) is 0 Å². The van der Waals surface area contributed by atoms with E-state index in [1.54, 1.807) is 0 Å². The van der Waals surface area contributed by atoms with Crippen molar-refractivity contribution in [2.45, 2.75) is 12.6 Å². The summed E-state index contributed by atoms with van der Waals surface area (Å²) in [6, 6.07) is 9.54. The van der Waals surface area contributed by atoms with Crippen molar-refractivity contribution in [3.63, 3.8) is 0 Å². The lowest BCUT2D eigenvalue weighted by molar-refractivity contribution is -0.384. The summed E-state index contributed by atoms with van der Waals surface area (Å²) >= 11 is 0. The number of nitrogens with zero attached hydrogens (tertiary/aromatic N) is 1. The number of benzene rings is 2. The van der Waals surface area contributed by atoms with Crippen molar-refractivity contribution in [1.82, 2.24) is 0 Å². The smallest absolute Gasteiger partial charge is 0.419 e. The van der Waals surface area contributed by atoms with Crippen LogP contribution < -0.4 is 9.47 Å². The number of non-ortho nitro benzene ring substituents is 1. The van der Waals surface area contributed by atoms with Gasteiger partial charge in [-0.3, -0.25) is 14.9 Å². The van der Waals surface area contributed by atoms with E-state index in [1.807, 2.05) is 0 Å². The Labute approximate surface area is 139 Å². The summed E-state index contributed by atoms with van der Waals surface area (Å²) < 4.78 is 48.3. The fourth-order valence-electron chi connectivity index (χ4n) is 1.88. The molecule has 0 spiro atoms. The lowest BCUT2D eigenvalue weighted by Crippen LogP contribution is -2.15. The van der Waals surface area contributed by atoms with Crippen LogP contribution in [0.5, 0.6) is 11.5 Å². The Morgan fingerprint density at radius 3 is 2.32 bits per heavy atom. The van der Waals surface area contributed by atoms with E-state index >= 15 is 0 Å². The van der Waals surface area contributed by atoms with Gasteiger partial charge in [-0.15, -0.1) is 0 Å². The highest BCUT2D eigenvalue weighted by atomic mass is 19.4. The SMILES string of the molecule is O=C(CCOc1ccc([N+](=O)[O-])cc1)Oc1ccccc1C(F)(F)F. The molecule has 0 aliphatic heterocycles. The molecule has 0 heterocycles. The fraction of sp³-hybridized carbons (Fsp3) is 0.188. The number of carbonyl (C=O) groups is 1. The van der Waals surface area contributed by atoms with Gasteiger partial charge >= 0.3 is 12.1 Å². The number of alkyl halides is 3. The summed E-state index contributed by atoms with van der Waals surface area (Å²) in [5, 5.41) is 10.5. The van der Waals surface area contributed by atoms with Crippen molar-refractivity contribution in [2.75, 3.05) is 6.61 Å². The number of para-hydroxylation sites is 1. The van der Waals surface area contributed by atoms with Gasteiger partial charge in [0, 0.05) is 12.1 Å². The first-order valence-electron chi connectivity index (χ1n) is 7.01. The minimum absolute atomic E-state index is 0.115. The average molecular weight is 355 g/mol. The predicted octanol–water partition coefficient (Wildman–Crippen LogP) is 3.99. The lowest BCUT2D eigenvalue weighted by Gasteiger charge is -2.12. The number of halogens is 3. The number of hydrogen-bond acceptors (Lipinski definition) is 5. The van der Waals surface area contributed by atoms with Gasteiger partial charge in [-0.1, -0.05) is 12.1 Å². The largest absolute Gasteiger partial charge is 0.493 e. The van der Waals surface area contributed by atoms with Gasteiger partial charge in [0.05, 0.1) is 23.5 Å². The highest BCUT2D eigenvalue weighted by molar-refractivity contribution is 5.73. The standard InChI is InChI=1S/C16H12F3NO5/c17-16(18,19)13-3-1-2-4-14(13)25-15(21)9-10-24-12-7-5-11(6-8-12)20(22)23/h1-8H,9-10H2. The molecule has 0 fully saturated rings. The van der Waals surface area contributed by atoms with Gasteiger partial charge in [0.2, 0.25) is 0 Å². The van der Waals surface area contributed by atoms with Gasteiger partial charge in [-0.05, 0) is 24.3 Å². The monoisotopic (exact) mass is 355 g/mol. The Kier molecular flexibility index (Phi) is 5.58. The number of hydrogen-bond donors (Lipinski definition) is 0. The van der Waals surface area contributed by atoms with E-state index in [4.69, 9.17) is 9.47 Å². The minimum atomic E-state index is -4.63. The van der Waals surface area contributed by atoms with Gasteiger partial charge < -0.3 is 9.47 Å². The molecule has 2 aromatic rings. The first-order chi connectivity index (χ1) is 11.8. The van der Waals surface area contributed by atoms with E-state index in [2.05, 4.69) is 0 Å². The molecule has 0 saturated heterocycles. The topological polar surface area (TPSA) is 78.7 Å². The molecular weight excluding hydrogens is 343 g/mol. The summed E-state index contributed by atoms with van der Waals surface area (Å²) in [6.45, 7) is -0.148. The third-order valence-corrected chi connectivity index (χ3v) is 3.04. The van der Waals surface area contributed by atoms with Crippen LogP contribution in [0.1, 0.15) is 12.0 Å². The maximum atomic E-state index is 12.8. The second kappa shape index (κ2) is 7.65. The molecular formula is C16H12F3NO5. The molecule has 0 N–H and O–H groups in total. The van der Waals surface area contributed by atoms with E-state index in [0.717, 1.165) is 12.1 Å². The van der Waals surface area contributed by atoms with Crippen molar-refractivity contribution in [2.24, 2.45) is 0 Å². The number of carbonyl (C=O) groups excluding carboxylic acids is 1. The van der Waals surface area contributed by atoms with E-state index in [0.29, 0.717) is 0 Å². The molecule has 2 aromatic carbocycles. The summed E-state index contributed by atoms with van der Waals surface area (Å²) in [6.07, 6.45) is -4.92. The zero-order valence-electron chi connectivity index (χ0n) is 12.7. The Balaban J connectivity index is 1.88. The van der Waals surface area contributed by atoms with E-state index in [9.17, 15) is 28.1 Å². The van der Waals surface area contributed by atoms with Crippen molar-refractivity contribution in [3.05, 3.63) is 64.2 Å². The normalized spacial score (nSPS) is 11.0. The van der Waals surface area contributed by atoms with Crippen LogP contribution in [-0.4, -0.2) is 17.5 Å². The lowest BCUT2D eigenvalue weighted by atomic mass is 10.2. The number of nitro groups is 1. The molecule has 0 aliphatic carbocycles. The third kappa shape index (κ3) is 5.20. The summed E-state index contributed by atoms with van der Waals surface area (Å²) in [7, 11) is 0. The van der Waals surface area contributed by atoms with E-state index < -0.39 is 28.4 Å². The van der Waals surface area contributed by atoms with Crippen LogP contribution in [0.15, 0.2) is 48.5 Å². The number of rotatable bonds is 6. The van der Waals surface area contributed by atoms with Gasteiger partial charge in [0.25, 0.3) is 5.69 Å². The highest BCUT2D eigenvalue weighted by Gasteiger charge is 2.34. The number of esters is 1. The summed E-state index contributed by atoms with van der Waals surface area (Å²) in [5.74, 6) is -1.18. The Morgan fingerprint density at radius 1 is 1.08 bits per heavy atom. The van der Waals surface area contributed by atoms with Crippen LogP contribution in [0.2, 0.25) is 0 Å². The minimum Gasteiger partial charge on any atom is -0.493 e. The van der Waals surface area contributed by atoms with Gasteiger partial charge in [-0.2, -0.15) is 13.2 Å². The quantitative estimate of drug-likeness (QED) is 0.339. The number of ether oxygens (including phenoxy) is 2. The Bertz CT molecular complexity index is 759. The zero-order chi connectivity index (χ0) is 18.4. The second-order valence-electron chi connectivity index (χ2n) is 4.82. The molecule has 0 bridgehead atoms. The predicted molar refractivity (Wildman–Crippen MR) is 80.3 cm³/mol. The molecule has 0 saturated carbocycles.